The normalized spacial score (nSPS) is 12.4. The van der Waals surface area contributed by atoms with Crippen molar-refractivity contribution in [2.45, 2.75) is 6.92 Å². The summed E-state index contributed by atoms with van der Waals surface area (Å²) in [5.41, 5.74) is 0.380. The van der Waals surface area contributed by atoms with Crippen LogP contribution < -0.4 is 3.71 Å². The summed E-state index contributed by atoms with van der Waals surface area (Å²) >= 11 is 0. The maximum absolute atomic E-state index is 10.8. The predicted molar refractivity (Wildman–Crippen MR) is 56.8 cm³/mol. The van der Waals surface area contributed by atoms with Gasteiger partial charge in [0.05, 0.1) is 5.69 Å². The number of hydrogen-bond acceptors (Lipinski definition) is 4. The lowest BCUT2D eigenvalue weighted by Crippen LogP contribution is -2.35. The molecule has 0 radical (unpaired) electrons. The van der Waals surface area contributed by atoms with E-state index in [1.54, 1.807) is 6.92 Å². The molecule has 16 heavy (non-hydrogen) atoms. The molecule has 1 aromatic rings. The van der Waals surface area contributed by atoms with Crippen molar-refractivity contribution in [1.82, 2.24) is 0 Å². The van der Waals surface area contributed by atoms with Crippen molar-refractivity contribution in [1.29, 1.82) is 0 Å². The van der Waals surface area contributed by atoms with E-state index in [0.717, 1.165) is 17.7 Å². The van der Waals surface area contributed by atoms with Crippen molar-refractivity contribution in [3.8, 4) is 0 Å². The molecule has 0 unspecified atom stereocenters. The van der Waals surface area contributed by atoms with Crippen LogP contribution in [0.2, 0.25) is 0 Å². The molecular weight excluding hydrogens is 258 g/mol. The van der Waals surface area contributed by atoms with Crippen LogP contribution in [0, 0.1) is 6.92 Å². The third-order valence-corrected chi connectivity index (χ3v) is 4.05. The number of hydrogen-bond donors (Lipinski definition) is 2. The lowest BCUT2D eigenvalue weighted by Gasteiger charge is -2.16. The molecular formula is C7H9NO6S2. The molecule has 0 spiro atoms. The van der Waals surface area contributed by atoms with Crippen molar-refractivity contribution in [2.75, 3.05) is 3.71 Å². The van der Waals surface area contributed by atoms with Gasteiger partial charge in [0.1, 0.15) is 0 Å². The zero-order valence-corrected chi connectivity index (χ0v) is 9.73. The maximum atomic E-state index is 10.8. The van der Waals surface area contributed by atoms with Crippen LogP contribution in [0.4, 0.5) is 5.69 Å². The van der Waals surface area contributed by atoms with E-state index < -0.39 is 24.3 Å². The predicted octanol–water partition coefficient (Wildman–Crippen LogP) is 0.407. The largest absolute Gasteiger partial charge is 0.375 e. The fourth-order valence-electron chi connectivity index (χ4n) is 1.05. The third kappa shape index (κ3) is 2.92. The van der Waals surface area contributed by atoms with Crippen LogP contribution in [0.5, 0.6) is 0 Å². The van der Waals surface area contributed by atoms with Gasteiger partial charge in [-0.3, -0.25) is 9.11 Å². The van der Waals surface area contributed by atoms with Crippen molar-refractivity contribution in [2.24, 2.45) is 0 Å². The second-order valence-electron chi connectivity index (χ2n) is 2.99. The highest BCUT2D eigenvalue weighted by Gasteiger charge is 2.31. The summed E-state index contributed by atoms with van der Waals surface area (Å²) < 4.78 is 60.1. The molecule has 0 saturated carbocycles. The Hall–Kier alpha value is -1.16. The average Bonchev–Trinajstić information content (AvgIpc) is 2.03. The number of aryl methyl sites for hydroxylation is 1. The van der Waals surface area contributed by atoms with Gasteiger partial charge in [0.25, 0.3) is 0 Å². The summed E-state index contributed by atoms with van der Waals surface area (Å²) in [5, 5.41) is 0. The molecule has 0 aliphatic heterocycles. The fraction of sp³-hybridized carbons (Fsp3) is 0.143. The van der Waals surface area contributed by atoms with Gasteiger partial charge in [-0.05, 0) is 19.1 Å². The molecule has 7 nitrogen and oxygen atoms in total. The van der Waals surface area contributed by atoms with Crippen LogP contribution in [-0.4, -0.2) is 25.9 Å². The Balaban J connectivity index is 3.41. The van der Waals surface area contributed by atoms with E-state index in [4.69, 9.17) is 9.11 Å². The van der Waals surface area contributed by atoms with Crippen LogP contribution in [0.1, 0.15) is 5.56 Å². The Morgan fingerprint density at radius 2 is 1.31 bits per heavy atom. The van der Waals surface area contributed by atoms with Gasteiger partial charge in [-0.15, -0.1) is 3.71 Å². The molecule has 1 aromatic carbocycles. The topological polar surface area (TPSA) is 112 Å². The summed E-state index contributed by atoms with van der Waals surface area (Å²) in [4.78, 5) is 0. The van der Waals surface area contributed by atoms with Crippen molar-refractivity contribution in [3.63, 3.8) is 0 Å². The lowest BCUT2D eigenvalue weighted by molar-refractivity contribution is 0.466. The van der Waals surface area contributed by atoms with Gasteiger partial charge >= 0.3 is 20.6 Å². The zero-order chi connectivity index (χ0) is 12.6. The zero-order valence-electron chi connectivity index (χ0n) is 8.10. The first-order valence-electron chi connectivity index (χ1n) is 3.94. The maximum Gasteiger partial charge on any atom is 0.375 e. The minimum absolute atomic E-state index is 0.379. The van der Waals surface area contributed by atoms with Gasteiger partial charge < -0.3 is 0 Å². The second-order valence-corrected chi connectivity index (χ2v) is 5.74. The van der Waals surface area contributed by atoms with Crippen molar-refractivity contribution < 1.29 is 25.9 Å². The number of rotatable bonds is 3. The quantitative estimate of drug-likeness (QED) is 0.767. The van der Waals surface area contributed by atoms with Gasteiger partial charge in [-0.2, -0.15) is 16.8 Å². The summed E-state index contributed by atoms with van der Waals surface area (Å²) in [6.07, 6.45) is 0. The first-order valence-corrected chi connectivity index (χ1v) is 6.74. The Labute approximate surface area is 93.1 Å². The van der Waals surface area contributed by atoms with Crippen molar-refractivity contribution >= 4 is 26.3 Å². The van der Waals surface area contributed by atoms with E-state index in [-0.39, 0.29) is 5.69 Å². The van der Waals surface area contributed by atoms with E-state index in [0.29, 0.717) is 0 Å². The van der Waals surface area contributed by atoms with Gasteiger partial charge in [-0.1, -0.05) is 17.7 Å². The highest BCUT2D eigenvalue weighted by molar-refractivity contribution is 8.05. The molecule has 0 atom stereocenters. The van der Waals surface area contributed by atoms with E-state index in [1.807, 2.05) is 0 Å². The molecule has 90 valence electrons. The smallest absolute Gasteiger partial charge is 0.268 e. The number of nitrogens with zero attached hydrogens (tertiary/aromatic N) is 1. The third-order valence-electron chi connectivity index (χ3n) is 1.66. The molecule has 2 N–H and O–H groups in total. The SMILES string of the molecule is Cc1ccc(N(S(=O)(=O)O)S(=O)(=O)O)cc1. The molecule has 0 aromatic heterocycles. The minimum atomic E-state index is -5.09. The van der Waals surface area contributed by atoms with E-state index >= 15 is 0 Å². The highest BCUT2D eigenvalue weighted by atomic mass is 32.3. The Bertz CT molecular complexity index is 542. The molecule has 0 aliphatic carbocycles. The molecule has 9 heteroatoms. The minimum Gasteiger partial charge on any atom is -0.268 e. The summed E-state index contributed by atoms with van der Waals surface area (Å²) in [7, 11) is -10.2. The van der Waals surface area contributed by atoms with Crippen LogP contribution in [0.3, 0.4) is 0 Å². The average molecular weight is 267 g/mol. The van der Waals surface area contributed by atoms with Crippen LogP contribution in [0.25, 0.3) is 0 Å². The molecule has 0 bridgehead atoms. The summed E-state index contributed by atoms with van der Waals surface area (Å²) in [5.74, 6) is 0. The van der Waals surface area contributed by atoms with Gasteiger partial charge in [0.15, 0.2) is 0 Å². The Kier molecular flexibility index (Phi) is 3.24. The Morgan fingerprint density at radius 3 is 1.62 bits per heavy atom. The van der Waals surface area contributed by atoms with Gasteiger partial charge in [0, 0.05) is 0 Å². The van der Waals surface area contributed by atoms with Gasteiger partial charge in [-0.25, -0.2) is 0 Å². The number of anilines is 1. The first-order chi connectivity index (χ1) is 7.12. The molecule has 0 saturated heterocycles. The molecule has 1 rings (SSSR count). The summed E-state index contributed by atoms with van der Waals surface area (Å²) in [6, 6.07) is 5.13. The molecule has 0 heterocycles. The Morgan fingerprint density at radius 1 is 0.938 bits per heavy atom. The van der Waals surface area contributed by atoms with Crippen molar-refractivity contribution in [3.05, 3.63) is 29.8 Å². The monoisotopic (exact) mass is 267 g/mol. The van der Waals surface area contributed by atoms with E-state index in [2.05, 4.69) is 0 Å². The van der Waals surface area contributed by atoms with E-state index in [1.165, 1.54) is 12.1 Å². The standard InChI is InChI=1S/C7H9NO6S2/c1-6-2-4-7(5-3-6)8(15(9,10)11)16(12,13)14/h2-5H,1H3,(H,9,10,11)(H,12,13,14). The first kappa shape index (κ1) is 12.9. The second kappa shape index (κ2) is 4.01. The molecule has 0 aliphatic rings. The van der Waals surface area contributed by atoms with Crippen LogP contribution in [-0.2, 0) is 20.6 Å². The van der Waals surface area contributed by atoms with E-state index in [9.17, 15) is 16.8 Å². The highest BCUT2D eigenvalue weighted by Crippen LogP contribution is 2.20. The van der Waals surface area contributed by atoms with Gasteiger partial charge in [0.2, 0.25) is 0 Å². The molecule has 0 fully saturated rings. The molecule has 0 amide bonds. The fourth-order valence-corrected chi connectivity index (χ4v) is 2.78. The summed E-state index contributed by atoms with van der Waals surface area (Å²) in [6.45, 7) is 1.70. The lowest BCUT2D eigenvalue weighted by atomic mass is 10.2. The van der Waals surface area contributed by atoms with Crippen LogP contribution in [0.15, 0.2) is 24.3 Å². The van der Waals surface area contributed by atoms with Crippen LogP contribution >= 0.6 is 0 Å². The number of benzene rings is 1.